The number of esters is 1. The molecule has 2 aliphatic rings. The highest BCUT2D eigenvalue weighted by molar-refractivity contribution is 5.95. The van der Waals surface area contributed by atoms with Crippen molar-refractivity contribution in [3.8, 4) is 0 Å². The monoisotopic (exact) mass is 287 g/mol. The molecule has 1 aromatic rings. The molecule has 2 fully saturated rings. The number of fused-ring (bicyclic) bond motifs is 1. The zero-order chi connectivity index (χ0) is 14.7. The molecule has 2 aliphatic carbocycles. The first-order valence-electron chi connectivity index (χ1n) is 8.22. The number of rotatable bonds is 3. The van der Waals surface area contributed by atoms with Crippen LogP contribution >= 0.6 is 0 Å². The summed E-state index contributed by atoms with van der Waals surface area (Å²) in [6.07, 6.45) is 9.44. The zero-order valence-electron chi connectivity index (χ0n) is 12.8. The van der Waals surface area contributed by atoms with E-state index < -0.39 is 0 Å². The van der Waals surface area contributed by atoms with Crippen molar-refractivity contribution in [3.05, 3.63) is 29.8 Å². The molecule has 3 atom stereocenters. The summed E-state index contributed by atoms with van der Waals surface area (Å²) in [5.74, 6) is 1.58. The maximum atomic E-state index is 11.8. The molecule has 1 N–H and O–H groups in total. The van der Waals surface area contributed by atoms with E-state index in [1.54, 1.807) is 0 Å². The molecule has 3 heteroatoms. The predicted octanol–water partition coefficient (Wildman–Crippen LogP) is 4.24. The average Bonchev–Trinajstić information content (AvgIpc) is 2.54. The average molecular weight is 287 g/mol. The largest absolute Gasteiger partial charge is 0.465 e. The van der Waals surface area contributed by atoms with Gasteiger partial charge in [0.15, 0.2) is 0 Å². The van der Waals surface area contributed by atoms with E-state index in [9.17, 15) is 4.79 Å². The van der Waals surface area contributed by atoms with Crippen LogP contribution < -0.4 is 5.32 Å². The Labute approximate surface area is 127 Å². The molecule has 114 valence electrons. The van der Waals surface area contributed by atoms with E-state index in [2.05, 4.69) is 5.32 Å². The van der Waals surface area contributed by atoms with Crippen molar-refractivity contribution in [1.29, 1.82) is 0 Å². The van der Waals surface area contributed by atoms with Crippen LogP contribution in [-0.2, 0) is 4.74 Å². The number of ether oxygens (including phenoxy) is 1. The summed E-state index contributed by atoms with van der Waals surface area (Å²) in [5.41, 5.74) is 1.56. The van der Waals surface area contributed by atoms with Crippen molar-refractivity contribution in [2.45, 2.75) is 51.0 Å². The summed E-state index contributed by atoms with van der Waals surface area (Å²) in [7, 11) is 1.44. The van der Waals surface area contributed by atoms with Crippen molar-refractivity contribution in [2.24, 2.45) is 11.8 Å². The highest BCUT2D eigenvalue weighted by atomic mass is 16.5. The summed E-state index contributed by atoms with van der Waals surface area (Å²) in [6.45, 7) is 0. The third-order valence-electron chi connectivity index (χ3n) is 5.23. The Hall–Kier alpha value is -1.51. The highest BCUT2D eigenvalue weighted by Gasteiger charge is 2.32. The number of carbonyl (C=O) groups excluding carboxylic acids is 1. The molecule has 0 heterocycles. The second-order valence-corrected chi connectivity index (χ2v) is 6.50. The number of hydrogen-bond donors (Lipinski definition) is 1. The van der Waals surface area contributed by atoms with Crippen LogP contribution in [0.3, 0.4) is 0 Å². The topological polar surface area (TPSA) is 38.3 Å². The summed E-state index contributed by atoms with van der Waals surface area (Å²) < 4.78 is 4.87. The molecule has 0 radical (unpaired) electrons. The van der Waals surface area contributed by atoms with E-state index in [-0.39, 0.29) is 5.97 Å². The molecule has 3 nitrogen and oxygen atoms in total. The number of benzene rings is 1. The Morgan fingerprint density at radius 2 is 1.86 bits per heavy atom. The first-order valence-corrected chi connectivity index (χ1v) is 8.22. The van der Waals surface area contributed by atoms with Gasteiger partial charge in [0, 0.05) is 11.7 Å². The molecule has 2 saturated carbocycles. The van der Waals surface area contributed by atoms with Crippen molar-refractivity contribution in [2.75, 3.05) is 12.4 Å². The second kappa shape index (κ2) is 6.50. The van der Waals surface area contributed by atoms with Gasteiger partial charge in [-0.05, 0) is 43.2 Å². The molecule has 1 aromatic carbocycles. The Balaban J connectivity index is 1.68. The first kappa shape index (κ1) is 14.4. The van der Waals surface area contributed by atoms with E-state index in [1.807, 2.05) is 24.3 Å². The molecular weight excluding hydrogens is 262 g/mol. The number of hydrogen-bond acceptors (Lipinski definition) is 3. The smallest absolute Gasteiger partial charge is 0.339 e. The fourth-order valence-electron chi connectivity index (χ4n) is 4.12. The van der Waals surface area contributed by atoms with Gasteiger partial charge >= 0.3 is 5.97 Å². The lowest BCUT2D eigenvalue weighted by Gasteiger charge is -2.40. The SMILES string of the molecule is COC(=O)c1ccccc1NC1CCC2CCCCC2C1. The van der Waals surface area contributed by atoms with Crippen LogP contribution in [0.4, 0.5) is 5.69 Å². The lowest BCUT2D eigenvalue weighted by atomic mass is 9.69. The van der Waals surface area contributed by atoms with Crippen molar-refractivity contribution >= 4 is 11.7 Å². The Morgan fingerprint density at radius 1 is 1.10 bits per heavy atom. The summed E-state index contributed by atoms with van der Waals surface area (Å²) in [6, 6.07) is 8.17. The van der Waals surface area contributed by atoms with E-state index in [1.165, 1.54) is 52.1 Å². The summed E-state index contributed by atoms with van der Waals surface area (Å²) in [5, 5.41) is 3.60. The van der Waals surface area contributed by atoms with Crippen LogP contribution in [0.1, 0.15) is 55.3 Å². The highest BCUT2D eigenvalue weighted by Crippen LogP contribution is 2.41. The summed E-state index contributed by atoms with van der Waals surface area (Å²) in [4.78, 5) is 11.8. The fourth-order valence-corrected chi connectivity index (χ4v) is 4.12. The molecule has 0 aromatic heterocycles. The molecule has 0 amide bonds. The molecule has 0 spiro atoms. The normalized spacial score (nSPS) is 28.5. The van der Waals surface area contributed by atoms with Crippen LogP contribution in [-0.4, -0.2) is 19.1 Å². The number of nitrogens with one attached hydrogen (secondary N) is 1. The van der Waals surface area contributed by atoms with Gasteiger partial charge in [-0.1, -0.05) is 37.8 Å². The van der Waals surface area contributed by atoms with Gasteiger partial charge in [-0.3, -0.25) is 0 Å². The maximum Gasteiger partial charge on any atom is 0.339 e. The van der Waals surface area contributed by atoms with Gasteiger partial charge in [-0.2, -0.15) is 0 Å². The molecule has 21 heavy (non-hydrogen) atoms. The number of para-hydroxylation sites is 1. The van der Waals surface area contributed by atoms with Gasteiger partial charge in [-0.25, -0.2) is 4.79 Å². The van der Waals surface area contributed by atoms with Crippen LogP contribution in [0.5, 0.6) is 0 Å². The van der Waals surface area contributed by atoms with Crippen LogP contribution in [0, 0.1) is 11.8 Å². The minimum absolute atomic E-state index is 0.260. The van der Waals surface area contributed by atoms with Gasteiger partial charge in [0.05, 0.1) is 12.7 Å². The third kappa shape index (κ3) is 3.22. The van der Waals surface area contributed by atoms with Gasteiger partial charge in [0.25, 0.3) is 0 Å². The fraction of sp³-hybridized carbons (Fsp3) is 0.611. The third-order valence-corrected chi connectivity index (χ3v) is 5.23. The van der Waals surface area contributed by atoms with E-state index in [4.69, 9.17) is 4.74 Å². The quantitative estimate of drug-likeness (QED) is 0.845. The predicted molar refractivity (Wildman–Crippen MR) is 84.5 cm³/mol. The molecular formula is C18H25NO2. The van der Waals surface area contributed by atoms with E-state index in [0.29, 0.717) is 11.6 Å². The van der Waals surface area contributed by atoms with E-state index in [0.717, 1.165) is 17.5 Å². The lowest BCUT2D eigenvalue weighted by molar-refractivity contribution is 0.0601. The minimum Gasteiger partial charge on any atom is -0.465 e. The Kier molecular flexibility index (Phi) is 4.47. The van der Waals surface area contributed by atoms with E-state index >= 15 is 0 Å². The van der Waals surface area contributed by atoms with Crippen molar-refractivity contribution in [1.82, 2.24) is 0 Å². The minimum atomic E-state index is -0.260. The first-order chi connectivity index (χ1) is 10.3. The number of carbonyl (C=O) groups is 1. The number of anilines is 1. The molecule has 0 bridgehead atoms. The molecule has 0 aliphatic heterocycles. The second-order valence-electron chi connectivity index (χ2n) is 6.50. The van der Waals surface area contributed by atoms with Crippen molar-refractivity contribution in [3.63, 3.8) is 0 Å². The van der Waals surface area contributed by atoms with Gasteiger partial charge in [0.1, 0.15) is 0 Å². The lowest BCUT2D eigenvalue weighted by Crippen LogP contribution is -2.34. The van der Waals surface area contributed by atoms with Crippen LogP contribution in [0.25, 0.3) is 0 Å². The standard InChI is InChI=1S/C18H25NO2/c1-21-18(20)16-8-4-5-9-17(16)19-15-11-10-13-6-2-3-7-14(13)12-15/h4-5,8-9,13-15,19H,2-3,6-7,10-12H2,1H3. The molecule has 0 saturated heterocycles. The van der Waals surface area contributed by atoms with Crippen molar-refractivity contribution < 1.29 is 9.53 Å². The molecule has 3 unspecified atom stereocenters. The molecule has 3 rings (SSSR count). The maximum absolute atomic E-state index is 11.8. The van der Waals surface area contributed by atoms with Gasteiger partial charge in [-0.15, -0.1) is 0 Å². The van der Waals surface area contributed by atoms with Gasteiger partial charge < -0.3 is 10.1 Å². The summed E-state index contributed by atoms with van der Waals surface area (Å²) >= 11 is 0. The van der Waals surface area contributed by atoms with Crippen LogP contribution in [0.2, 0.25) is 0 Å². The van der Waals surface area contributed by atoms with Crippen LogP contribution in [0.15, 0.2) is 24.3 Å². The van der Waals surface area contributed by atoms with Gasteiger partial charge in [0.2, 0.25) is 0 Å². The Bertz CT molecular complexity index is 500. The zero-order valence-corrected chi connectivity index (χ0v) is 12.8. The number of methoxy groups -OCH3 is 1. The Morgan fingerprint density at radius 3 is 2.67 bits per heavy atom.